The predicted octanol–water partition coefficient (Wildman–Crippen LogP) is 4.96. The quantitative estimate of drug-likeness (QED) is 0.142. The maximum atomic E-state index is 11.5. The summed E-state index contributed by atoms with van der Waals surface area (Å²) in [6.07, 6.45) is 4.68. The Morgan fingerprint density at radius 1 is 0.878 bits per heavy atom. The van der Waals surface area contributed by atoms with Crippen molar-refractivity contribution in [1.29, 1.82) is 0 Å². The Balaban J connectivity index is 1.35. The van der Waals surface area contributed by atoms with Crippen LogP contribution in [-0.2, 0) is 22.7 Å². The van der Waals surface area contributed by atoms with Crippen LogP contribution in [0.3, 0.4) is 0 Å². The second-order valence-electron chi connectivity index (χ2n) is 12.4. The Bertz CT molecular complexity index is 1840. The van der Waals surface area contributed by atoms with E-state index in [0.29, 0.717) is 99.4 Å². The molecule has 0 radical (unpaired) electrons. The van der Waals surface area contributed by atoms with Crippen molar-refractivity contribution in [3.05, 3.63) is 70.2 Å². The molecule has 12 nitrogen and oxygen atoms in total. The van der Waals surface area contributed by atoms with Gasteiger partial charge >= 0.3 is 0 Å². The Morgan fingerprint density at radius 3 is 1.86 bits per heavy atom. The lowest BCUT2D eigenvalue weighted by Gasteiger charge is -2.26. The molecule has 0 spiro atoms. The minimum Gasteiger partial charge on any atom is -0.480 e. The van der Waals surface area contributed by atoms with Crippen LogP contribution in [0.2, 0.25) is 10.0 Å². The number of nitrogens with zero attached hydrogens (tertiary/aromatic N) is 4. The van der Waals surface area contributed by atoms with Crippen molar-refractivity contribution in [1.82, 2.24) is 41.2 Å². The first-order valence-electron chi connectivity index (χ1n) is 15.9. The number of amides is 2. The van der Waals surface area contributed by atoms with Gasteiger partial charge in [0, 0.05) is 73.4 Å². The smallest absolute Gasteiger partial charge is 0.237 e. The van der Waals surface area contributed by atoms with Gasteiger partial charge in [-0.05, 0) is 20.3 Å². The van der Waals surface area contributed by atoms with Crippen LogP contribution >= 0.6 is 23.2 Å². The number of hydrogen-bond donors (Lipinski definition) is 4. The molecular formula is C35H40Cl2N8O4. The summed E-state index contributed by atoms with van der Waals surface area (Å²) >= 11 is 14.1. The molecule has 4 aromatic rings. The van der Waals surface area contributed by atoms with E-state index in [9.17, 15) is 9.59 Å². The Morgan fingerprint density at radius 2 is 1.39 bits per heavy atom. The van der Waals surface area contributed by atoms with Crippen molar-refractivity contribution in [2.45, 2.75) is 58.3 Å². The van der Waals surface area contributed by atoms with Gasteiger partial charge in [-0.15, -0.1) is 0 Å². The van der Waals surface area contributed by atoms with Crippen molar-refractivity contribution < 1.29 is 19.1 Å². The molecule has 258 valence electrons. The first-order valence-corrected chi connectivity index (χ1v) is 16.6. The molecule has 0 saturated carbocycles. The van der Waals surface area contributed by atoms with E-state index in [1.807, 2.05) is 50.2 Å². The highest BCUT2D eigenvalue weighted by molar-refractivity contribution is 6.39. The predicted molar refractivity (Wildman–Crippen MR) is 190 cm³/mol. The molecule has 2 aromatic carbocycles. The van der Waals surface area contributed by atoms with Gasteiger partial charge in [0.2, 0.25) is 23.6 Å². The van der Waals surface area contributed by atoms with Crippen molar-refractivity contribution in [2.24, 2.45) is 0 Å². The fourth-order valence-corrected chi connectivity index (χ4v) is 6.36. The molecule has 2 amide bonds. The summed E-state index contributed by atoms with van der Waals surface area (Å²) in [5.41, 5.74) is 4.65. The van der Waals surface area contributed by atoms with Crippen LogP contribution in [-0.4, -0.2) is 70.6 Å². The molecule has 4 N–H and O–H groups in total. The first-order chi connectivity index (χ1) is 23.5. The SMILES string of the molecule is COc1nc(-c2cccc(-c3cccc(-c4cnc(CNCC(C)(C)NC(C)=O)c(OC)n4)c3Cl)c2Cl)cnc1CNCC1CCC(=O)N1. The van der Waals surface area contributed by atoms with E-state index in [-0.39, 0.29) is 17.9 Å². The number of nitrogens with one attached hydrogen (secondary N) is 4. The Hall–Kier alpha value is -4.36. The first kappa shape index (κ1) is 35.9. The largest absolute Gasteiger partial charge is 0.480 e. The zero-order chi connectivity index (χ0) is 35.1. The molecule has 1 aliphatic heterocycles. The molecule has 5 rings (SSSR count). The van der Waals surface area contributed by atoms with Gasteiger partial charge in [0.05, 0.1) is 48.0 Å². The van der Waals surface area contributed by atoms with Crippen LogP contribution in [0.5, 0.6) is 11.8 Å². The average molecular weight is 708 g/mol. The van der Waals surface area contributed by atoms with E-state index in [4.69, 9.17) is 42.6 Å². The molecule has 3 heterocycles. The van der Waals surface area contributed by atoms with Crippen LogP contribution in [0.15, 0.2) is 48.8 Å². The topological polar surface area (TPSA) is 152 Å². The Kier molecular flexibility index (Phi) is 11.7. The van der Waals surface area contributed by atoms with Crippen molar-refractivity contribution >= 4 is 35.0 Å². The molecule has 1 unspecified atom stereocenters. The maximum absolute atomic E-state index is 11.5. The normalized spacial score (nSPS) is 14.4. The fraction of sp³-hybridized carbons (Fsp3) is 0.371. The molecule has 2 aromatic heterocycles. The fourth-order valence-electron chi connectivity index (χ4n) is 5.71. The lowest BCUT2D eigenvalue weighted by atomic mass is 9.98. The summed E-state index contributed by atoms with van der Waals surface area (Å²) in [4.78, 5) is 41.6. The molecule has 49 heavy (non-hydrogen) atoms. The molecule has 0 bridgehead atoms. The van der Waals surface area contributed by atoms with Gasteiger partial charge in [-0.2, -0.15) is 0 Å². The van der Waals surface area contributed by atoms with Crippen LogP contribution < -0.4 is 30.7 Å². The number of rotatable bonds is 14. The van der Waals surface area contributed by atoms with E-state index in [1.165, 1.54) is 6.92 Å². The van der Waals surface area contributed by atoms with Crippen molar-refractivity contribution in [2.75, 3.05) is 27.3 Å². The van der Waals surface area contributed by atoms with Gasteiger partial charge in [-0.3, -0.25) is 19.6 Å². The summed E-state index contributed by atoms with van der Waals surface area (Å²) in [6, 6.07) is 11.4. The van der Waals surface area contributed by atoms with E-state index >= 15 is 0 Å². The number of benzene rings is 2. The standard InChI is InChI=1S/C35H40Cl2N8O4/c1-20(46)45-35(2,3)19-39-16-29-34(49-5)44-27(18-41-29)25-11-7-9-23(32(25)37)22-8-6-10-24(31(22)36)26-17-40-28(33(43-26)48-4)15-38-14-21-12-13-30(47)42-21/h6-11,17-18,21,38-39H,12-16,19H2,1-5H3,(H,42,47)(H,45,46). The molecule has 14 heteroatoms. The molecular weight excluding hydrogens is 667 g/mol. The summed E-state index contributed by atoms with van der Waals surface area (Å²) < 4.78 is 11.2. The minimum absolute atomic E-state index is 0.0780. The monoisotopic (exact) mass is 706 g/mol. The Labute approximate surface area is 295 Å². The highest BCUT2D eigenvalue weighted by atomic mass is 35.5. The second-order valence-corrected chi connectivity index (χ2v) is 13.1. The molecule has 1 fully saturated rings. The van der Waals surface area contributed by atoms with Gasteiger partial charge in [-0.1, -0.05) is 59.6 Å². The highest BCUT2D eigenvalue weighted by Gasteiger charge is 2.22. The third-order valence-corrected chi connectivity index (χ3v) is 8.81. The molecule has 1 atom stereocenters. The zero-order valence-electron chi connectivity index (χ0n) is 28.1. The maximum Gasteiger partial charge on any atom is 0.237 e. The van der Waals surface area contributed by atoms with E-state index < -0.39 is 5.54 Å². The van der Waals surface area contributed by atoms with Crippen molar-refractivity contribution in [3.63, 3.8) is 0 Å². The number of aromatic nitrogens is 4. The zero-order valence-corrected chi connectivity index (χ0v) is 29.6. The molecule has 1 saturated heterocycles. The van der Waals surface area contributed by atoms with E-state index in [1.54, 1.807) is 26.6 Å². The number of carbonyl (C=O) groups is 2. The highest BCUT2D eigenvalue weighted by Crippen LogP contribution is 2.42. The lowest BCUT2D eigenvalue weighted by molar-refractivity contribution is -0.121. The van der Waals surface area contributed by atoms with Gasteiger partial charge < -0.3 is 30.7 Å². The van der Waals surface area contributed by atoms with Crippen LogP contribution in [0, 0.1) is 0 Å². The average Bonchev–Trinajstić information content (AvgIpc) is 3.49. The summed E-state index contributed by atoms with van der Waals surface area (Å²) in [5, 5.41) is 13.4. The molecule has 0 aliphatic carbocycles. The van der Waals surface area contributed by atoms with E-state index in [2.05, 4.69) is 31.2 Å². The second kappa shape index (κ2) is 15.9. The molecule has 1 aliphatic rings. The van der Waals surface area contributed by atoms with Gasteiger partial charge in [-0.25, -0.2) is 9.97 Å². The number of methoxy groups -OCH3 is 2. The summed E-state index contributed by atoms with van der Waals surface area (Å²) in [5.74, 6) is 0.723. The third kappa shape index (κ3) is 8.82. The number of carbonyl (C=O) groups excluding carboxylic acids is 2. The summed E-state index contributed by atoms with van der Waals surface area (Å²) in [7, 11) is 3.09. The summed E-state index contributed by atoms with van der Waals surface area (Å²) in [6.45, 7) is 7.34. The van der Waals surface area contributed by atoms with Crippen LogP contribution in [0.4, 0.5) is 0 Å². The van der Waals surface area contributed by atoms with E-state index in [0.717, 1.165) is 6.42 Å². The number of ether oxygens (including phenoxy) is 2. The van der Waals surface area contributed by atoms with Crippen LogP contribution in [0.1, 0.15) is 45.0 Å². The van der Waals surface area contributed by atoms with Gasteiger partial charge in [0.25, 0.3) is 0 Å². The minimum atomic E-state index is -0.435. The van der Waals surface area contributed by atoms with Gasteiger partial charge in [0.1, 0.15) is 11.4 Å². The third-order valence-electron chi connectivity index (χ3n) is 7.99. The lowest BCUT2D eigenvalue weighted by Crippen LogP contribution is -2.49. The van der Waals surface area contributed by atoms with Crippen LogP contribution in [0.25, 0.3) is 33.6 Å². The number of halogens is 2. The number of hydrogen-bond acceptors (Lipinski definition) is 10. The van der Waals surface area contributed by atoms with Gasteiger partial charge in [0.15, 0.2) is 0 Å². The van der Waals surface area contributed by atoms with Crippen molar-refractivity contribution in [3.8, 4) is 45.4 Å².